The van der Waals surface area contributed by atoms with E-state index in [9.17, 15) is 19.5 Å². The molecule has 23 heavy (non-hydrogen) atoms. The maximum Gasteiger partial charge on any atom is 0.337 e. The zero-order chi connectivity index (χ0) is 16.6. The highest BCUT2D eigenvalue weighted by atomic mass is 35.5. The number of benzene rings is 2. The summed E-state index contributed by atoms with van der Waals surface area (Å²) in [5, 5.41) is 7.95. The molecular weight excluding hydrogens is 318 g/mol. The number of para-hydroxylation sites is 1. The monoisotopic (exact) mass is 327 g/mol. The van der Waals surface area contributed by atoms with E-state index in [2.05, 4.69) is 4.99 Å². The van der Waals surface area contributed by atoms with Gasteiger partial charge in [-0.3, -0.25) is 9.59 Å². The molecule has 1 atom stereocenters. The number of hydrogen-bond donors (Lipinski definition) is 1. The van der Waals surface area contributed by atoms with Gasteiger partial charge in [-0.25, -0.2) is 9.79 Å². The van der Waals surface area contributed by atoms with Crippen LogP contribution in [0.15, 0.2) is 53.5 Å². The predicted molar refractivity (Wildman–Crippen MR) is 85.2 cm³/mol. The van der Waals surface area contributed by atoms with Crippen LogP contribution in [0.25, 0.3) is 0 Å². The molecule has 0 unspecified atom stereocenters. The van der Waals surface area contributed by atoms with Crippen LogP contribution >= 0.6 is 11.6 Å². The third kappa shape index (κ3) is 2.55. The molecule has 0 saturated carbocycles. The van der Waals surface area contributed by atoms with Gasteiger partial charge < -0.3 is 5.11 Å². The Morgan fingerprint density at radius 2 is 1.61 bits per heavy atom. The summed E-state index contributed by atoms with van der Waals surface area (Å²) < 4.78 is 0. The van der Waals surface area contributed by atoms with Crippen molar-refractivity contribution in [1.82, 2.24) is 0 Å². The molecule has 1 N–H and O–H groups in total. The number of aromatic carboxylic acids is 1. The first kappa shape index (κ1) is 15.1. The topological polar surface area (TPSA) is 83.8 Å². The van der Waals surface area contributed by atoms with Gasteiger partial charge in [0.2, 0.25) is 5.78 Å². The number of carbonyl (C=O) groups excluding carboxylic acids is 2. The Morgan fingerprint density at radius 3 is 2.30 bits per heavy atom. The second-order valence-electron chi connectivity index (χ2n) is 4.92. The molecule has 1 aliphatic rings. The number of nitrogens with zero attached hydrogens (tertiary/aromatic N) is 1. The summed E-state index contributed by atoms with van der Waals surface area (Å²) in [5.41, 5.74) is 0.331. The van der Waals surface area contributed by atoms with E-state index in [0.29, 0.717) is 0 Å². The highest BCUT2D eigenvalue weighted by Gasteiger charge is 2.37. The number of fused-ring (bicyclic) bond motifs is 1. The molecule has 0 aliphatic heterocycles. The summed E-state index contributed by atoms with van der Waals surface area (Å²) in [6.45, 7) is 0. The van der Waals surface area contributed by atoms with Crippen molar-refractivity contribution in [3.05, 3.63) is 65.2 Å². The number of alkyl halides is 1. The van der Waals surface area contributed by atoms with E-state index in [0.717, 1.165) is 0 Å². The Labute approximate surface area is 136 Å². The van der Waals surface area contributed by atoms with Gasteiger partial charge in [-0.1, -0.05) is 36.4 Å². The predicted octanol–water partition coefficient (Wildman–Crippen LogP) is 3.14. The van der Waals surface area contributed by atoms with Crippen LogP contribution in [-0.2, 0) is 0 Å². The fraction of sp³-hybridized carbons (Fsp3) is 0.0588. The number of hydrogen-bond acceptors (Lipinski definition) is 4. The molecule has 0 bridgehead atoms. The Bertz CT molecular complexity index is 872. The summed E-state index contributed by atoms with van der Waals surface area (Å²) in [4.78, 5) is 40.2. The minimum Gasteiger partial charge on any atom is -0.478 e. The summed E-state index contributed by atoms with van der Waals surface area (Å²) in [6.07, 6.45) is 0. The summed E-state index contributed by atoms with van der Waals surface area (Å²) in [5.74, 6) is -2.07. The lowest BCUT2D eigenvalue weighted by molar-refractivity contribution is 0.0697. The van der Waals surface area contributed by atoms with Gasteiger partial charge >= 0.3 is 5.97 Å². The first-order valence-corrected chi connectivity index (χ1v) is 7.17. The number of carboxylic acids is 1. The van der Waals surface area contributed by atoms with Crippen LogP contribution in [0.1, 0.15) is 31.1 Å². The SMILES string of the molecule is O=C(O)c1ccccc1N=C1C(=O)c2ccccc2C(=O)[C@H]1Cl. The quantitative estimate of drug-likeness (QED) is 0.859. The van der Waals surface area contributed by atoms with Crippen LogP contribution in [0.5, 0.6) is 0 Å². The van der Waals surface area contributed by atoms with Crippen molar-refractivity contribution in [2.75, 3.05) is 0 Å². The maximum absolute atomic E-state index is 12.5. The van der Waals surface area contributed by atoms with Crippen LogP contribution in [0.3, 0.4) is 0 Å². The average Bonchev–Trinajstić information content (AvgIpc) is 2.57. The lowest BCUT2D eigenvalue weighted by atomic mass is 9.87. The van der Waals surface area contributed by atoms with Gasteiger partial charge in [0.25, 0.3) is 0 Å². The normalized spacial score (nSPS) is 18.8. The largest absolute Gasteiger partial charge is 0.478 e. The van der Waals surface area contributed by atoms with Gasteiger partial charge in [-0.05, 0) is 12.1 Å². The minimum atomic E-state index is -1.24. The Balaban J connectivity index is 2.16. The average molecular weight is 328 g/mol. The first-order chi connectivity index (χ1) is 11.0. The summed E-state index contributed by atoms with van der Waals surface area (Å²) in [6, 6.07) is 12.3. The molecule has 0 radical (unpaired) electrons. The lowest BCUT2D eigenvalue weighted by Gasteiger charge is -2.19. The molecule has 114 valence electrons. The molecule has 0 aromatic heterocycles. The fourth-order valence-corrected chi connectivity index (χ4v) is 2.66. The maximum atomic E-state index is 12.5. The molecule has 1 aliphatic carbocycles. The van der Waals surface area contributed by atoms with Gasteiger partial charge in [-0.2, -0.15) is 0 Å². The van der Waals surface area contributed by atoms with Crippen molar-refractivity contribution in [2.45, 2.75) is 5.38 Å². The third-order valence-corrected chi connectivity index (χ3v) is 3.92. The van der Waals surface area contributed by atoms with Crippen LogP contribution in [-0.4, -0.2) is 33.7 Å². The summed E-state index contributed by atoms with van der Waals surface area (Å²) in [7, 11) is 0. The number of Topliss-reactive ketones (excluding diaryl/α,β-unsaturated/α-hetero) is 2. The van der Waals surface area contributed by atoms with Gasteiger partial charge in [0.1, 0.15) is 11.1 Å². The van der Waals surface area contributed by atoms with Crippen LogP contribution in [0.2, 0.25) is 0 Å². The van der Waals surface area contributed by atoms with E-state index in [1.807, 2.05) is 0 Å². The van der Waals surface area contributed by atoms with E-state index < -0.39 is 22.9 Å². The minimum absolute atomic E-state index is 0.0667. The van der Waals surface area contributed by atoms with Crippen molar-refractivity contribution in [3.63, 3.8) is 0 Å². The van der Waals surface area contributed by atoms with Gasteiger partial charge in [0.15, 0.2) is 5.78 Å². The van der Waals surface area contributed by atoms with Crippen LogP contribution in [0, 0.1) is 0 Å². The van der Waals surface area contributed by atoms with E-state index in [1.165, 1.54) is 24.3 Å². The standard InChI is InChI=1S/C17H10ClNO4/c18-13-14(19-12-8-4-3-7-11(12)17(22)23)16(21)10-6-2-1-5-9(10)15(13)20/h1-8,13H,(H,22,23)/t13-/m0/s1. The Kier molecular flexibility index (Phi) is 3.80. The molecule has 3 rings (SSSR count). The second kappa shape index (κ2) is 5.78. The van der Waals surface area contributed by atoms with Crippen LogP contribution in [0.4, 0.5) is 5.69 Å². The Morgan fingerprint density at radius 1 is 1.00 bits per heavy atom. The molecule has 0 heterocycles. The molecule has 0 saturated heterocycles. The number of carbonyl (C=O) groups is 3. The molecule has 0 amide bonds. The van der Waals surface area contributed by atoms with E-state index >= 15 is 0 Å². The van der Waals surface area contributed by atoms with Crippen molar-refractivity contribution in [1.29, 1.82) is 0 Å². The molecule has 0 fully saturated rings. The lowest BCUT2D eigenvalue weighted by Crippen LogP contribution is -2.37. The van der Waals surface area contributed by atoms with Gasteiger partial charge in [0, 0.05) is 11.1 Å². The molecule has 2 aromatic carbocycles. The molecular formula is C17H10ClNO4. The molecule has 5 nitrogen and oxygen atoms in total. The third-order valence-electron chi connectivity index (χ3n) is 3.52. The number of ketones is 2. The highest BCUT2D eigenvalue weighted by molar-refractivity contribution is 6.65. The Hall–Kier alpha value is -2.79. The molecule has 0 spiro atoms. The highest BCUT2D eigenvalue weighted by Crippen LogP contribution is 2.27. The number of rotatable bonds is 2. The second-order valence-corrected chi connectivity index (χ2v) is 5.36. The number of aliphatic imine (C=N–C) groups is 1. The van der Waals surface area contributed by atoms with Crippen molar-refractivity contribution >= 4 is 40.5 Å². The van der Waals surface area contributed by atoms with E-state index in [4.69, 9.17) is 11.6 Å². The molecule has 2 aromatic rings. The van der Waals surface area contributed by atoms with Crippen molar-refractivity contribution < 1.29 is 19.5 Å². The van der Waals surface area contributed by atoms with Crippen LogP contribution < -0.4 is 0 Å². The smallest absolute Gasteiger partial charge is 0.337 e. The number of halogens is 1. The molecule has 6 heteroatoms. The zero-order valence-electron chi connectivity index (χ0n) is 11.7. The fourth-order valence-electron chi connectivity index (χ4n) is 2.40. The van der Waals surface area contributed by atoms with Gasteiger partial charge in [-0.15, -0.1) is 11.6 Å². The summed E-state index contributed by atoms with van der Waals surface area (Å²) >= 11 is 6.09. The van der Waals surface area contributed by atoms with E-state index in [-0.39, 0.29) is 28.1 Å². The number of carboxylic acid groups (broad SMARTS) is 1. The van der Waals surface area contributed by atoms with Gasteiger partial charge in [0.05, 0.1) is 11.3 Å². The van der Waals surface area contributed by atoms with Crippen molar-refractivity contribution in [3.8, 4) is 0 Å². The van der Waals surface area contributed by atoms with Crippen molar-refractivity contribution in [2.24, 2.45) is 4.99 Å². The van der Waals surface area contributed by atoms with E-state index in [1.54, 1.807) is 24.3 Å². The zero-order valence-corrected chi connectivity index (χ0v) is 12.4. The first-order valence-electron chi connectivity index (χ1n) is 6.73.